The van der Waals surface area contributed by atoms with Crippen LogP contribution in [-0.4, -0.2) is 27.5 Å². The van der Waals surface area contributed by atoms with E-state index < -0.39 is 0 Å². The molecule has 3 heterocycles. The maximum Gasteiger partial charge on any atom is 0.293 e. The number of halogens is 1. The van der Waals surface area contributed by atoms with E-state index in [2.05, 4.69) is 10.1 Å². The molecular formula is C19H18FN3O2. The van der Waals surface area contributed by atoms with Gasteiger partial charge in [0.15, 0.2) is 0 Å². The van der Waals surface area contributed by atoms with Crippen molar-refractivity contribution in [2.45, 2.75) is 31.7 Å². The van der Waals surface area contributed by atoms with Gasteiger partial charge in [-0.25, -0.2) is 9.37 Å². The van der Waals surface area contributed by atoms with Crippen molar-refractivity contribution in [2.24, 2.45) is 0 Å². The van der Waals surface area contributed by atoms with Gasteiger partial charge in [0.2, 0.25) is 11.4 Å². The SMILES string of the molecule is O=C(c1onc2ncccc12)N1CCCCCC1c1cccc(F)c1. The average Bonchev–Trinajstić information content (AvgIpc) is 2.90. The third-order valence-corrected chi connectivity index (χ3v) is 4.70. The number of hydrogen-bond donors (Lipinski definition) is 0. The Hall–Kier alpha value is -2.76. The molecule has 4 rings (SSSR count). The van der Waals surface area contributed by atoms with Gasteiger partial charge in [0, 0.05) is 12.7 Å². The van der Waals surface area contributed by atoms with Crippen molar-refractivity contribution in [3.63, 3.8) is 0 Å². The highest BCUT2D eigenvalue weighted by Crippen LogP contribution is 2.32. The topological polar surface area (TPSA) is 59.2 Å². The molecule has 0 N–H and O–H groups in total. The highest BCUT2D eigenvalue weighted by Gasteiger charge is 2.31. The maximum atomic E-state index is 13.7. The first kappa shape index (κ1) is 15.7. The van der Waals surface area contributed by atoms with Crippen LogP contribution in [0.15, 0.2) is 47.1 Å². The van der Waals surface area contributed by atoms with Crippen LogP contribution in [0.25, 0.3) is 11.0 Å². The smallest absolute Gasteiger partial charge is 0.293 e. The lowest BCUT2D eigenvalue weighted by Gasteiger charge is -2.29. The van der Waals surface area contributed by atoms with Gasteiger partial charge in [0.1, 0.15) is 5.82 Å². The molecule has 1 unspecified atom stereocenters. The average molecular weight is 339 g/mol. The molecule has 2 aromatic heterocycles. The highest BCUT2D eigenvalue weighted by atomic mass is 19.1. The predicted octanol–water partition coefficient (Wildman–Crippen LogP) is 4.12. The largest absolute Gasteiger partial charge is 0.348 e. The number of fused-ring (bicyclic) bond motifs is 1. The van der Waals surface area contributed by atoms with Crippen LogP contribution in [0, 0.1) is 5.82 Å². The van der Waals surface area contributed by atoms with Crippen LogP contribution in [0.3, 0.4) is 0 Å². The minimum Gasteiger partial charge on any atom is -0.348 e. The fraction of sp³-hybridized carbons (Fsp3) is 0.316. The lowest BCUT2D eigenvalue weighted by atomic mass is 10.0. The van der Waals surface area contributed by atoms with Crippen LogP contribution in [0.5, 0.6) is 0 Å². The number of hydrogen-bond acceptors (Lipinski definition) is 4. The molecular weight excluding hydrogens is 321 g/mol. The Labute approximate surface area is 144 Å². The number of carbonyl (C=O) groups is 1. The van der Waals surface area contributed by atoms with Crippen molar-refractivity contribution < 1.29 is 13.7 Å². The number of amides is 1. The molecule has 25 heavy (non-hydrogen) atoms. The Morgan fingerprint density at radius 3 is 3.00 bits per heavy atom. The molecule has 1 saturated heterocycles. The van der Waals surface area contributed by atoms with E-state index >= 15 is 0 Å². The molecule has 6 heteroatoms. The van der Waals surface area contributed by atoms with Crippen LogP contribution in [-0.2, 0) is 0 Å². The van der Waals surface area contributed by atoms with Crippen molar-refractivity contribution in [2.75, 3.05) is 6.54 Å². The second kappa shape index (κ2) is 6.63. The summed E-state index contributed by atoms with van der Waals surface area (Å²) >= 11 is 0. The Morgan fingerprint density at radius 1 is 1.20 bits per heavy atom. The summed E-state index contributed by atoms with van der Waals surface area (Å²) in [7, 11) is 0. The number of benzene rings is 1. The molecule has 1 fully saturated rings. The van der Waals surface area contributed by atoms with Gasteiger partial charge >= 0.3 is 0 Å². The van der Waals surface area contributed by atoms with E-state index in [4.69, 9.17) is 4.52 Å². The first-order valence-corrected chi connectivity index (χ1v) is 8.51. The second-order valence-corrected chi connectivity index (χ2v) is 6.30. The minimum absolute atomic E-state index is 0.164. The van der Waals surface area contributed by atoms with Crippen molar-refractivity contribution in [3.05, 3.63) is 59.7 Å². The van der Waals surface area contributed by atoms with Crippen LogP contribution < -0.4 is 0 Å². The molecule has 0 saturated carbocycles. The standard InChI is InChI=1S/C19H18FN3O2/c20-14-7-4-6-13(12-14)16-9-2-1-3-11-23(16)19(24)17-15-8-5-10-21-18(15)22-25-17/h4-8,10,12,16H,1-3,9,11H2. The van der Waals surface area contributed by atoms with E-state index in [9.17, 15) is 9.18 Å². The Balaban J connectivity index is 1.73. The Bertz CT molecular complexity index is 908. The van der Waals surface area contributed by atoms with Gasteiger partial charge in [-0.1, -0.05) is 30.1 Å². The normalized spacial score (nSPS) is 18.3. The molecule has 5 nitrogen and oxygen atoms in total. The highest BCUT2D eigenvalue weighted by molar-refractivity contribution is 6.02. The summed E-state index contributed by atoms with van der Waals surface area (Å²) in [6.45, 7) is 0.614. The predicted molar refractivity (Wildman–Crippen MR) is 90.4 cm³/mol. The first-order valence-electron chi connectivity index (χ1n) is 8.51. The van der Waals surface area contributed by atoms with Crippen LogP contribution in [0.1, 0.15) is 47.8 Å². The molecule has 1 aliphatic rings. The second-order valence-electron chi connectivity index (χ2n) is 6.30. The van der Waals surface area contributed by atoms with E-state index in [1.54, 1.807) is 29.3 Å². The Kier molecular flexibility index (Phi) is 4.17. The van der Waals surface area contributed by atoms with Crippen molar-refractivity contribution >= 4 is 16.9 Å². The summed E-state index contributed by atoms with van der Waals surface area (Å²) in [5, 5.41) is 4.48. The lowest BCUT2D eigenvalue weighted by Crippen LogP contribution is -2.34. The molecule has 1 aliphatic heterocycles. The number of aromatic nitrogens is 2. The third-order valence-electron chi connectivity index (χ3n) is 4.70. The van der Waals surface area contributed by atoms with Crippen molar-refractivity contribution in [1.82, 2.24) is 15.0 Å². The van der Waals surface area contributed by atoms with Gasteiger partial charge in [-0.3, -0.25) is 4.79 Å². The first-order chi connectivity index (χ1) is 12.2. The van der Waals surface area contributed by atoms with Gasteiger partial charge in [0.25, 0.3) is 5.91 Å². The summed E-state index contributed by atoms with van der Waals surface area (Å²) in [6.07, 6.45) is 5.39. The van der Waals surface area contributed by atoms with Gasteiger partial charge < -0.3 is 9.42 Å². The molecule has 0 aliphatic carbocycles. The third kappa shape index (κ3) is 2.99. The molecule has 0 spiro atoms. The van der Waals surface area contributed by atoms with Gasteiger partial charge in [-0.15, -0.1) is 0 Å². The Morgan fingerprint density at radius 2 is 2.12 bits per heavy atom. The van der Waals surface area contributed by atoms with E-state index in [-0.39, 0.29) is 23.5 Å². The summed E-state index contributed by atoms with van der Waals surface area (Å²) in [6, 6.07) is 9.86. The monoisotopic (exact) mass is 339 g/mol. The summed E-state index contributed by atoms with van der Waals surface area (Å²) in [4.78, 5) is 19.1. The van der Waals surface area contributed by atoms with E-state index in [0.717, 1.165) is 31.2 Å². The number of pyridine rings is 1. The van der Waals surface area contributed by atoms with Crippen LogP contribution in [0.2, 0.25) is 0 Å². The zero-order valence-electron chi connectivity index (χ0n) is 13.7. The van der Waals surface area contributed by atoms with E-state index in [1.165, 1.54) is 12.1 Å². The fourth-order valence-corrected chi connectivity index (χ4v) is 3.48. The molecule has 1 aromatic carbocycles. The maximum absolute atomic E-state index is 13.7. The zero-order valence-corrected chi connectivity index (χ0v) is 13.7. The molecule has 0 bridgehead atoms. The molecule has 0 radical (unpaired) electrons. The molecule has 1 amide bonds. The summed E-state index contributed by atoms with van der Waals surface area (Å²) < 4.78 is 19.0. The van der Waals surface area contributed by atoms with E-state index in [0.29, 0.717) is 17.6 Å². The number of nitrogens with zero attached hydrogens (tertiary/aromatic N) is 3. The molecule has 3 aromatic rings. The quantitative estimate of drug-likeness (QED) is 0.705. The van der Waals surface area contributed by atoms with E-state index in [1.807, 2.05) is 6.07 Å². The molecule has 128 valence electrons. The summed E-state index contributed by atoms with van der Waals surface area (Å²) in [5.41, 5.74) is 1.24. The van der Waals surface area contributed by atoms with Gasteiger partial charge in [-0.05, 0) is 42.7 Å². The zero-order chi connectivity index (χ0) is 17.2. The summed E-state index contributed by atoms with van der Waals surface area (Å²) in [5.74, 6) is -0.304. The van der Waals surface area contributed by atoms with Crippen LogP contribution in [0.4, 0.5) is 4.39 Å². The van der Waals surface area contributed by atoms with Crippen molar-refractivity contribution in [1.29, 1.82) is 0 Å². The van der Waals surface area contributed by atoms with Crippen molar-refractivity contribution in [3.8, 4) is 0 Å². The number of likely N-dealkylation sites (tertiary alicyclic amines) is 1. The minimum atomic E-state index is -0.288. The van der Waals surface area contributed by atoms with Gasteiger partial charge in [-0.2, -0.15) is 0 Å². The fourth-order valence-electron chi connectivity index (χ4n) is 3.48. The number of carbonyl (C=O) groups excluding carboxylic acids is 1. The van der Waals surface area contributed by atoms with Crippen LogP contribution >= 0.6 is 0 Å². The lowest BCUT2D eigenvalue weighted by molar-refractivity contribution is 0.0641. The van der Waals surface area contributed by atoms with Gasteiger partial charge in [0.05, 0.1) is 11.4 Å². The molecule has 1 atom stereocenters. The number of rotatable bonds is 2.